The van der Waals surface area contributed by atoms with Gasteiger partial charge in [-0.2, -0.15) is 0 Å². The summed E-state index contributed by atoms with van der Waals surface area (Å²) in [6.07, 6.45) is -0.940. The predicted molar refractivity (Wildman–Crippen MR) is 46.5 cm³/mol. The monoisotopic (exact) mass is 181 g/mol. The minimum Gasteiger partial charge on any atom is -0.423 e. The van der Waals surface area contributed by atoms with Gasteiger partial charge in [-0.1, -0.05) is 12.1 Å². The molecule has 0 spiro atoms. The van der Waals surface area contributed by atoms with E-state index in [2.05, 4.69) is 4.74 Å². The number of carbonyl (C=O) groups excluding carboxylic acids is 1. The van der Waals surface area contributed by atoms with E-state index in [-0.39, 0.29) is 11.2 Å². The van der Waals surface area contributed by atoms with Gasteiger partial charge in [0.15, 0.2) is 0 Å². The average Bonchev–Trinajstić information content (AvgIpc) is 2.03. The third-order valence-electron chi connectivity index (χ3n) is 1.37. The van der Waals surface area contributed by atoms with Gasteiger partial charge in [-0.3, -0.25) is 0 Å². The summed E-state index contributed by atoms with van der Waals surface area (Å²) in [4.78, 5) is 10.3. The molecule has 0 heterocycles. The number of nitrogens with two attached hydrogens (primary N) is 1. The van der Waals surface area contributed by atoms with Gasteiger partial charge in [-0.15, -0.1) is 0 Å². The first-order valence-electron chi connectivity index (χ1n) is 3.53. The van der Waals surface area contributed by atoms with Crippen molar-refractivity contribution in [2.75, 3.05) is 0 Å². The third-order valence-corrected chi connectivity index (χ3v) is 1.37. The summed E-state index contributed by atoms with van der Waals surface area (Å²) in [6, 6.07) is 5.80. The van der Waals surface area contributed by atoms with Crippen molar-refractivity contribution in [1.82, 2.24) is 0 Å². The first kappa shape index (κ1) is 9.56. The Hall–Kier alpha value is -1.53. The lowest BCUT2D eigenvalue weighted by atomic mass is 9.80. The number of hydrogen-bond acceptors (Lipinski definition) is 4. The zero-order valence-electron chi connectivity index (χ0n) is 6.68. The topological polar surface area (TPSA) is 92.8 Å². The van der Waals surface area contributed by atoms with E-state index in [0.717, 1.165) is 0 Å². The van der Waals surface area contributed by atoms with Gasteiger partial charge in [0.05, 0.1) is 0 Å². The van der Waals surface area contributed by atoms with Gasteiger partial charge >= 0.3 is 13.2 Å². The van der Waals surface area contributed by atoms with Crippen LogP contribution in [0.2, 0.25) is 0 Å². The van der Waals surface area contributed by atoms with Crippen molar-refractivity contribution in [3.8, 4) is 5.75 Å². The van der Waals surface area contributed by atoms with E-state index in [0.29, 0.717) is 0 Å². The molecule has 1 amide bonds. The van der Waals surface area contributed by atoms with Crippen molar-refractivity contribution >= 4 is 18.7 Å². The minimum atomic E-state index is -1.59. The van der Waals surface area contributed by atoms with Crippen LogP contribution in [0.5, 0.6) is 5.75 Å². The molecule has 0 radical (unpaired) electrons. The molecule has 0 fully saturated rings. The van der Waals surface area contributed by atoms with Crippen LogP contribution in [0.4, 0.5) is 4.79 Å². The normalized spacial score (nSPS) is 9.38. The first-order chi connectivity index (χ1) is 6.09. The molecule has 0 aliphatic heterocycles. The molecular weight excluding hydrogens is 173 g/mol. The van der Waals surface area contributed by atoms with E-state index in [1.807, 2.05) is 0 Å². The van der Waals surface area contributed by atoms with Crippen LogP contribution in [0.1, 0.15) is 0 Å². The fourth-order valence-electron chi connectivity index (χ4n) is 0.855. The van der Waals surface area contributed by atoms with Crippen LogP contribution in [0, 0.1) is 0 Å². The molecule has 1 aromatic carbocycles. The van der Waals surface area contributed by atoms with Crippen molar-refractivity contribution in [1.29, 1.82) is 0 Å². The lowest BCUT2D eigenvalue weighted by Gasteiger charge is -2.02. The summed E-state index contributed by atoms with van der Waals surface area (Å²) in [6.45, 7) is 0. The highest BCUT2D eigenvalue weighted by Gasteiger charge is 2.11. The van der Waals surface area contributed by atoms with E-state index in [1.54, 1.807) is 0 Å². The second kappa shape index (κ2) is 3.93. The largest absolute Gasteiger partial charge is 0.488 e. The van der Waals surface area contributed by atoms with E-state index < -0.39 is 13.2 Å². The van der Waals surface area contributed by atoms with Crippen LogP contribution in [-0.4, -0.2) is 23.3 Å². The molecule has 0 bridgehead atoms. The predicted octanol–water partition coefficient (Wildman–Crippen LogP) is -1.18. The summed E-state index contributed by atoms with van der Waals surface area (Å²) >= 11 is 0. The summed E-state index contributed by atoms with van der Waals surface area (Å²) in [5.74, 6) is 0.179. The Kier molecular flexibility index (Phi) is 2.89. The van der Waals surface area contributed by atoms with E-state index in [9.17, 15) is 4.79 Å². The molecule has 1 aromatic rings. The Bertz CT molecular complexity index is 315. The van der Waals surface area contributed by atoms with Crippen LogP contribution in [-0.2, 0) is 0 Å². The number of rotatable bonds is 2. The maximum Gasteiger partial charge on any atom is 0.488 e. The summed E-state index contributed by atoms with van der Waals surface area (Å²) in [5.41, 5.74) is 5.00. The minimum absolute atomic E-state index is 0.179. The highest BCUT2D eigenvalue weighted by atomic mass is 16.5. The Balaban J connectivity index is 2.85. The van der Waals surface area contributed by atoms with Gasteiger partial charge < -0.3 is 20.5 Å². The average molecular weight is 181 g/mol. The molecule has 0 aliphatic rings. The molecule has 0 saturated carbocycles. The van der Waals surface area contributed by atoms with Crippen LogP contribution in [0.3, 0.4) is 0 Å². The third kappa shape index (κ3) is 2.77. The van der Waals surface area contributed by atoms with Gasteiger partial charge in [-0.05, 0) is 17.6 Å². The molecule has 68 valence electrons. The van der Waals surface area contributed by atoms with Gasteiger partial charge in [-0.25, -0.2) is 4.79 Å². The molecule has 1 rings (SSSR count). The molecule has 0 saturated heterocycles. The highest BCUT2D eigenvalue weighted by molar-refractivity contribution is 6.58. The van der Waals surface area contributed by atoms with Crippen molar-refractivity contribution in [2.45, 2.75) is 0 Å². The fraction of sp³-hybridized carbons (Fsp3) is 0. The van der Waals surface area contributed by atoms with Crippen LogP contribution in [0.15, 0.2) is 24.3 Å². The van der Waals surface area contributed by atoms with Crippen molar-refractivity contribution in [3.05, 3.63) is 24.3 Å². The summed E-state index contributed by atoms with van der Waals surface area (Å²) < 4.78 is 4.52. The molecule has 4 N–H and O–H groups in total. The smallest absolute Gasteiger partial charge is 0.423 e. The zero-order valence-corrected chi connectivity index (χ0v) is 6.68. The Morgan fingerprint density at radius 3 is 2.69 bits per heavy atom. The molecule has 5 nitrogen and oxygen atoms in total. The van der Waals surface area contributed by atoms with Gasteiger partial charge in [0.1, 0.15) is 5.75 Å². The molecule has 0 atom stereocenters. The summed E-state index contributed by atoms with van der Waals surface area (Å²) in [7, 11) is -1.59. The second-order valence-corrected chi connectivity index (χ2v) is 2.37. The van der Waals surface area contributed by atoms with Gasteiger partial charge in [0.25, 0.3) is 0 Å². The number of benzene rings is 1. The molecular formula is C7H8BNO4. The number of primary amides is 1. The quantitative estimate of drug-likeness (QED) is 0.500. The van der Waals surface area contributed by atoms with Crippen LogP contribution < -0.4 is 15.9 Å². The molecule has 6 heteroatoms. The van der Waals surface area contributed by atoms with Crippen LogP contribution >= 0.6 is 0 Å². The SMILES string of the molecule is NC(=O)Oc1cccc(B(O)O)c1. The Labute approximate surface area is 74.9 Å². The molecule has 0 aromatic heterocycles. The summed E-state index contributed by atoms with van der Waals surface area (Å²) in [5, 5.41) is 17.5. The first-order valence-corrected chi connectivity index (χ1v) is 3.53. The van der Waals surface area contributed by atoms with Crippen molar-refractivity contribution in [2.24, 2.45) is 5.73 Å². The number of ether oxygens (including phenoxy) is 1. The van der Waals surface area contributed by atoms with Crippen LogP contribution in [0.25, 0.3) is 0 Å². The van der Waals surface area contributed by atoms with Gasteiger partial charge in [0, 0.05) is 0 Å². The van der Waals surface area contributed by atoms with Crippen molar-refractivity contribution in [3.63, 3.8) is 0 Å². The Morgan fingerprint density at radius 1 is 1.46 bits per heavy atom. The van der Waals surface area contributed by atoms with Gasteiger partial charge in [0.2, 0.25) is 0 Å². The van der Waals surface area contributed by atoms with Crippen molar-refractivity contribution < 1.29 is 19.6 Å². The fourth-order valence-corrected chi connectivity index (χ4v) is 0.855. The number of amides is 1. The second-order valence-electron chi connectivity index (χ2n) is 2.37. The standard InChI is InChI=1S/C7H8BNO4/c9-7(10)13-6-3-1-2-5(4-6)8(11)12/h1-4,11-12H,(H2,9,10). The number of hydrogen-bond donors (Lipinski definition) is 3. The van der Waals surface area contributed by atoms with E-state index in [1.165, 1.54) is 24.3 Å². The number of carbonyl (C=O) groups is 1. The lowest BCUT2D eigenvalue weighted by Crippen LogP contribution is -2.30. The maximum absolute atomic E-state index is 10.3. The zero-order chi connectivity index (χ0) is 9.84. The highest BCUT2D eigenvalue weighted by Crippen LogP contribution is 2.06. The Morgan fingerprint density at radius 2 is 2.15 bits per heavy atom. The lowest BCUT2D eigenvalue weighted by molar-refractivity contribution is 0.211. The molecule has 0 aliphatic carbocycles. The van der Waals surface area contributed by atoms with E-state index >= 15 is 0 Å². The maximum atomic E-state index is 10.3. The van der Waals surface area contributed by atoms with E-state index in [4.69, 9.17) is 15.8 Å². The molecule has 13 heavy (non-hydrogen) atoms. The molecule has 0 unspecified atom stereocenters.